The Morgan fingerprint density at radius 2 is 2.12 bits per heavy atom. The summed E-state index contributed by atoms with van der Waals surface area (Å²) < 4.78 is 0. The number of nitrogens with zero attached hydrogens (tertiary/aromatic N) is 4. The molecule has 7 heteroatoms. The van der Waals surface area contributed by atoms with Crippen LogP contribution < -0.4 is 10.6 Å². The van der Waals surface area contributed by atoms with Gasteiger partial charge in [-0.3, -0.25) is 9.78 Å². The quantitative estimate of drug-likeness (QED) is 0.735. The number of carbonyl (C=O) groups excluding carboxylic acids is 1. The first kappa shape index (κ1) is 17.0. The Balaban J connectivity index is 1.83. The zero-order valence-corrected chi connectivity index (χ0v) is 14.1. The van der Waals surface area contributed by atoms with Crippen LogP contribution in [0.1, 0.15) is 12.0 Å². The number of amides is 1. The first-order chi connectivity index (χ1) is 12.7. The number of anilines is 3. The Morgan fingerprint density at radius 3 is 2.88 bits per heavy atom. The van der Waals surface area contributed by atoms with Gasteiger partial charge >= 0.3 is 0 Å². The number of carbonyl (C=O) groups is 1. The summed E-state index contributed by atoms with van der Waals surface area (Å²) in [5, 5.41) is 14.4. The second kappa shape index (κ2) is 7.85. The zero-order chi connectivity index (χ0) is 18.4. The summed E-state index contributed by atoms with van der Waals surface area (Å²) in [6.07, 6.45) is 4.93. The first-order valence-electron chi connectivity index (χ1n) is 7.93. The van der Waals surface area contributed by atoms with Crippen LogP contribution in [0.2, 0.25) is 0 Å². The molecule has 0 saturated heterocycles. The van der Waals surface area contributed by atoms with E-state index in [0.717, 1.165) is 22.5 Å². The van der Waals surface area contributed by atoms with Crippen LogP contribution in [0, 0.1) is 18.3 Å². The van der Waals surface area contributed by atoms with Crippen LogP contribution in [0.25, 0.3) is 11.3 Å². The number of nitrogens with one attached hydrogen (secondary N) is 2. The highest BCUT2D eigenvalue weighted by molar-refractivity contribution is 5.92. The molecule has 0 radical (unpaired) electrons. The standard InChI is InChI=1S/C19H16N6O/c1-13-4-5-15(23-18(26)6-8-20)11-17(13)25-19-22-10-7-16(24-19)14-3-2-9-21-12-14/h2-5,7,9-12H,6H2,1H3,(H,23,26)(H,22,24,25). The lowest BCUT2D eigenvalue weighted by molar-refractivity contribution is -0.115. The molecule has 7 nitrogen and oxygen atoms in total. The molecule has 2 N–H and O–H groups in total. The lowest BCUT2D eigenvalue weighted by atomic mass is 10.1. The maximum atomic E-state index is 11.6. The molecule has 0 atom stereocenters. The van der Waals surface area contributed by atoms with E-state index in [0.29, 0.717) is 11.6 Å². The highest BCUT2D eigenvalue weighted by atomic mass is 16.1. The van der Waals surface area contributed by atoms with Gasteiger partial charge in [-0.15, -0.1) is 0 Å². The van der Waals surface area contributed by atoms with Gasteiger partial charge in [0.2, 0.25) is 11.9 Å². The molecule has 0 aliphatic carbocycles. The normalized spacial score (nSPS) is 10.0. The fourth-order valence-corrected chi connectivity index (χ4v) is 2.33. The SMILES string of the molecule is Cc1ccc(NC(=O)CC#N)cc1Nc1nccc(-c2cccnc2)n1. The fraction of sp³-hybridized carbons (Fsp3) is 0.105. The van der Waals surface area contributed by atoms with Gasteiger partial charge in [-0.1, -0.05) is 6.07 Å². The molecule has 0 aliphatic rings. The molecule has 2 heterocycles. The van der Waals surface area contributed by atoms with Crippen LogP contribution in [0.5, 0.6) is 0 Å². The predicted octanol–water partition coefficient (Wildman–Crippen LogP) is 3.44. The summed E-state index contributed by atoms with van der Waals surface area (Å²) in [6, 6.07) is 12.8. The van der Waals surface area contributed by atoms with E-state index < -0.39 is 0 Å². The van der Waals surface area contributed by atoms with Crippen LogP contribution in [-0.4, -0.2) is 20.9 Å². The van der Waals surface area contributed by atoms with Crippen molar-refractivity contribution in [1.82, 2.24) is 15.0 Å². The minimum Gasteiger partial charge on any atom is -0.325 e. The Labute approximate surface area is 150 Å². The molecule has 1 aromatic carbocycles. The van der Waals surface area contributed by atoms with Gasteiger partial charge in [0, 0.05) is 35.5 Å². The van der Waals surface area contributed by atoms with E-state index in [-0.39, 0.29) is 12.3 Å². The Bertz CT molecular complexity index is 965. The van der Waals surface area contributed by atoms with E-state index in [4.69, 9.17) is 5.26 Å². The minimum atomic E-state index is -0.350. The highest BCUT2D eigenvalue weighted by Crippen LogP contribution is 2.24. The second-order valence-electron chi connectivity index (χ2n) is 5.54. The van der Waals surface area contributed by atoms with Crippen molar-refractivity contribution in [3.8, 4) is 17.3 Å². The van der Waals surface area contributed by atoms with E-state index in [2.05, 4.69) is 25.6 Å². The van der Waals surface area contributed by atoms with E-state index in [1.54, 1.807) is 30.7 Å². The largest absolute Gasteiger partial charge is 0.325 e. The maximum absolute atomic E-state index is 11.6. The third-order valence-electron chi connectivity index (χ3n) is 3.62. The highest BCUT2D eigenvalue weighted by Gasteiger charge is 2.07. The lowest BCUT2D eigenvalue weighted by Gasteiger charge is -2.11. The molecule has 3 rings (SSSR count). The summed E-state index contributed by atoms with van der Waals surface area (Å²) in [7, 11) is 0. The average Bonchev–Trinajstić information content (AvgIpc) is 2.66. The maximum Gasteiger partial charge on any atom is 0.238 e. The van der Waals surface area contributed by atoms with E-state index in [1.165, 1.54) is 0 Å². The molecular formula is C19H16N6O. The molecule has 0 bridgehead atoms. The van der Waals surface area contributed by atoms with Gasteiger partial charge in [0.25, 0.3) is 0 Å². The molecule has 2 aromatic heterocycles. The van der Waals surface area contributed by atoms with Crippen LogP contribution in [-0.2, 0) is 4.79 Å². The van der Waals surface area contributed by atoms with Crippen LogP contribution in [0.3, 0.4) is 0 Å². The number of hydrogen-bond acceptors (Lipinski definition) is 6. The lowest BCUT2D eigenvalue weighted by Crippen LogP contribution is -2.10. The van der Waals surface area contributed by atoms with E-state index in [9.17, 15) is 4.79 Å². The summed E-state index contributed by atoms with van der Waals surface area (Å²) in [5.74, 6) is 0.0899. The predicted molar refractivity (Wildman–Crippen MR) is 98.6 cm³/mol. The third kappa shape index (κ3) is 4.19. The van der Waals surface area contributed by atoms with Gasteiger partial charge in [0.1, 0.15) is 6.42 Å². The monoisotopic (exact) mass is 344 g/mol. The van der Waals surface area contributed by atoms with Gasteiger partial charge < -0.3 is 10.6 Å². The topological polar surface area (TPSA) is 104 Å². The van der Waals surface area contributed by atoms with Gasteiger partial charge in [-0.2, -0.15) is 5.26 Å². The molecule has 0 unspecified atom stereocenters. The van der Waals surface area contributed by atoms with E-state index in [1.807, 2.05) is 37.3 Å². The van der Waals surface area contributed by atoms with Gasteiger partial charge in [-0.25, -0.2) is 9.97 Å². The molecule has 3 aromatic rings. The number of aromatic nitrogens is 3. The molecule has 0 spiro atoms. The minimum absolute atomic E-state index is 0.188. The van der Waals surface area contributed by atoms with Crippen molar-refractivity contribution in [2.75, 3.05) is 10.6 Å². The van der Waals surface area contributed by atoms with Crippen molar-refractivity contribution < 1.29 is 4.79 Å². The Hall–Kier alpha value is -3.79. The molecule has 0 saturated carbocycles. The summed E-state index contributed by atoms with van der Waals surface area (Å²) >= 11 is 0. The molecule has 26 heavy (non-hydrogen) atoms. The summed E-state index contributed by atoms with van der Waals surface area (Å²) in [4.78, 5) is 24.4. The van der Waals surface area contributed by atoms with Crippen LogP contribution >= 0.6 is 0 Å². The molecule has 1 amide bonds. The van der Waals surface area contributed by atoms with Gasteiger partial charge in [-0.05, 0) is 42.8 Å². The first-order valence-corrected chi connectivity index (χ1v) is 7.93. The smallest absolute Gasteiger partial charge is 0.238 e. The molecule has 128 valence electrons. The van der Waals surface area contributed by atoms with Gasteiger partial charge in [0.15, 0.2) is 0 Å². The Kier molecular flexibility index (Phi) is 5.15. The van der Waals surface area contributed by atoms with Crippen molar-refractivity contribution in [2.24, 2.45) is 0 Å². The number of benzene rings is 1. The van der Waals surface area contributed by atoms with Crippen molar-refractivity contribution in [2.45, 2.75) is 13.3 Å². The number of nitriles is 1. The zero-order valence-electron chi connectivity index (χ0n) is 14.1. The van der Waals surface area contributed by atoms with Gasteiger partial charge in [0.05, 0.1) is 11.8 Å². The summed E-state index contributed by atoms with van der Waals surface area (Å²) in [6.45, 7) is 1.94. The van der Waals surface area contributed by atoms with Crippen molar-refractivity contribution >= 4 is 23.2 Å². The Morgan fingerprint density at radius 1 is 1.23 bits per heavy atom. The van der Waals surface area contributed by atoms with Crippen molar-refractivity contribution in [1.29, 1.82) is 5.26 Å². The second-order valence-corrected chi connectivity index (χ2v) is 5.54. The molecule has 0 fully saturated rings. The van der Waals surface area contributed by atoms with Crippen molar-refractivity contribution in [3.63, 3.8) is 0 Å². The van der Waals surface area contributed by atoms with Crippen LogP contribution in [0.4, 0.5) is 17.3 Å². The molecular weight excluding hydrogens is 328 g/mol. The van der Waals surface area contributed by atoms with E-state index >= 15 is 0 Å². The fourth-order valence-electron chi connectivity index (χ4n) is 2.33. The molecule has 0 aliphatic heterocycles. The number of aryl methyl sites for hydroxylation is 1. The number of hydrogen-bond donors (Lipinski definition) is 2. The van der Waals surface area contributed by atoms with Crippen molar-refractivity contribution in [3.05, 3.63) is 60.6 Å². The average molecular weight is 344 g/mol. The van der Waals surface area contributed by atoms with Crippen LogP contribution in [0.15, 0.2) is 55.0 Å². The number of pyridine rings is 1. The third-order valence-corrected chi connectivity index (χ3v) is 3.62. The number of rotatable bonds is 5. The summed E-state index contributed by atoms with van der Waals surface area (Å²) in [5.41, 5.74) is 3.99.